The minimum atomic E-state index is -0.503. The van der Waals surface area contributed by atoms with Gasteiger partial charge in [-0.1, -0.05) is 60.1 Å². The summed E-state index contributed by atoms with van der Waals surface area (Å²) in [5.74, 6) is 0.181. The largest absolute Gasteiger partial charge is 0.493 e. The number of rotatable bonds is 7. The van der Waals surface area contributed by atoms with E-state index in [1.165, 1.54) is 12.7 Å². The van der Waals surface area contributed by atoms with Gasteiger partial charge in [-0.05, 0) is 59.1 Å². The fourth-order valence-corrected chi connectivity index (χ4v) is 5.37. The van der Waals surface area contributed by atoms with Crippen LogP contribution in [0.4, 0.5) is 4.79 Å². The van der Waals surface area contributed by atoms with Gasteiger partial charge in [0.05, 0.1) is 12.0 Å². The van der Waals surface area contributed by atoms with Gasteiger partial charge >= 0.3 is 0 Å². The first-order chi connectivity index (χ1) is 18.4. The first kappa shape index (κ1) is 25.9. The predicted molar refractivity (Wildman–Crippen MR) is 147 cm³/mol. The lowest BCUT2D eigenvalue weighted by molar-refractivity contribution is -0.136. The molecule has 1 fully saturated rings. The molecule has 0 saturated carbocycles. The van der Waals surface area contributed by atoms with Gasteiger partial charge in [0.15, 0.2) is 11.5 Å². The molecule has 38 heavy (non-hydrogen) atoms. The summed E-state index contributed by atoms with van der Waals surface area (Å²) in [5.41, 5.74) is 3.80. The lowest BCUT2D eigenvalue weighted by Gasteiger charge is -2.29. The number of para-hydroxylation sites is 1. The number of methoxy groups -OCH3 is 1. The van der Waals surface area contributed by atoms with E-state index in [0.29, 0.717) is 35.2 Å². The minimum Gasteiger partial charge on any atom is -0.493 e. The molecule has 9 heteroatoms. The van der Waals surface area contributed by atoms with Gasteiger partial charge in [-0.3, -0.25) is 19.3 Å². The molecule has 194 valence electrons. The summed E-state index contributed by atoms with van der Waals surface area (Å²) in [7, 11) is 1.53. The highest BCUT2D eigenvalue weighted by Gasteiger charge is 2.37. The highest BCUT2D eigenvalue weighted by molar-refractivity contribution is 8.18. The zero-order valence-corrected chi connectivity index (χ0v) is 22.3. The topological polar surface area (TPSA) is 76.2 Å². The van der Waals surface area contributed by atoms with Gasteiger partial charge in [0.25, 0.3) is 11.1 Å². The lowest BCUT2D eigenvalue weighted by Crippen LogP contribution is -2.44. The summed E-state index contributed by atoms with van der Waals surface area (Å²) in [6, 6.07) is 20.6. The maximum atomic E-state index is 13.2. The molecule has 1 saturated heterocycles. The third-order valence-electron chi connectivity index (χ3n) is 6.46. The van der Waals surface area contributed by atoms with E-state index in [1.54, 1.807) is 41.3 Å². The van der Waals surface area contributed by atoms with Crippen molar-refractivity contribution in [2.45, 2.75) is 19.6 Å². The number of hydrogen-bond acceptors (Lipinski definition) is 6. The molecule has 3 aromatic carbocycles. The molecule has 5 rings (SSSR count). The van der Waals surface area contributed by atoms with Gasteiger partial charge in [0, 0.05) is 23.7 Å². The van der Waals surface area contributed by atoms with Crippen molar-refractivity contribution in [1.82, 2.24) is 9.80 Å². The van der Waals surface area contributed by atoms with Crippen LogP contribution in [0.15, 0.2) is 71.6 Å². The second-order valence-corrected chi connectivity index (χ2v) is 10.3. The van der Waals surface area contributed by atoms with E-state index in [2.05, 4.69) is 6.07 Å². The standard InChI is InChI=1S/C29H25ClN2O5S/c1-36-24-8-4-7-21(27(24)37-18-19-9-11-23(30)12-10-19)15-25-28(34)32(29(35)38-25)17-26(33)31-14-13-20-5-2-3-6-22(20)16-31/h2-12,15H,13-14,16-18H2,1H3/b25-15+. The van der Waals surface area contributed by atoms with Gasteiger partial charge in [-0.15, -0.1) is 0 Å². The molecule has 0 radical (unpaired) electrons. The Labute approximate surface area is 230 Å². The summed E-state index contributed by atoms with van der Waals surface area (Å²) in [4.78, 5) is 41.8. The summed E-state index contributed by atoms with van der Waals surface area (Å²) >= 11 is 6.78. The fraction of sp³-hybridized carbons (Fsp3) is 0.207. The number of ether oxygens (including phenoxy) is 2. The zero-order chi connectivity index (χ0) is 26.6. The van der Waals surface area contributed by atoms with Crippen molar-refractivity contribution < 1.29 is 23.9 Å². The van der Waals surface area contributed by atoms with Crippen LogP contribution < -0.4 is 9.47 Å². The average molecular weight is 549 g/mol. The molecule has 3 aromatic rings. The maximum absolute atomic E-state index is 13.2. The third-order valence-corrected chi connectivity index (χ3v) is 7.62. The quantitative estimate of drug-likeness (QED) is 0.360. The molecule has 2 aliphatic rings. The van der Waals surface area contributed by atoms with E-state index in [9.17, 15) is 14.4 Å². The summed E-state index contributed by atoms with van der Waals surface area (Å²) in [5, 5.41) is 0.157. The molecule has 0 bridgehead atoms. The van der Waals surface area contributed by atoms with Gasteiger partial charge < -0.3 is 14.4 Å². The second kappa shape index (κ2) is 11.3. The Hall–Kier alpha value is -3.75. The van der Waals surface area contributed by atoms with Crippen LogP contribution in [-0.2, 0) is 29.2 Å². The Morgan fingerprint density at radius 3 is 2.55 bits per heavy atom. The van der Waals surface area contributed by atoms with Crippen LogP contribution in [0.2, 0.25) is 5.02 Å². The molecule has 7 nitrogen and oxygen atoms in total. The Morgan fingerprint density at radius 2 is 1.79 bits per heavy atom. The first-order valence-electron chi connectivity index (χ1n) is 12.1. The van der Waals surface area contributed by atoms with Crippen molar-refractivity contribution in [2.24, 2.45) is 0 Å². The van der Waals surface area contributed by atoms with Crippen molar-refractivity contribution in [3.63, 3.8) is 0 Å². The first-order valence-corrected chi connectivity index (χ1v) is 13.3. The molecule has 0 unspecified atom stereocenters. The highest BCUT2D eigenvalue weighted by atomic mass is 35.5. The smallest absolute Gasteiger partial charge is 0.294 e. The Bertz CT molecular complexity index is 1420. The van der Waals surface area contributed by atoms with Crippen molar-refractivity contribution in [3.05, 3.63) is 98.9 Å². The molecule has 2 aliphatic heterocycles. The molecule has 3 amide bonds. The molecule has 0 aromatic heterocycles. The monoisotopic (exact) mass is 548 g/mol. The summed E-state index contributed by atoms with van der Waals surface area (Å²) in [6.07, 6.45) is 2.35. The van der Waals surface area contributed by atoms with Crippen LogP contribution >= 0.6 is 23.4 Å². The van der Waals surface area contributed by atoms with Crippen LogP contribution in [-0.4, -0.2) is 47.1 Å². The fourth-order valence-electron chi connectivity index (χ4n) is 4.42. The highest BCUT2D eigenvalue weighted by Crippen LogP contribution is 2.38. The SMILES string of the molecule is COc1cccc(/C=C2/SC(=O)N(CC(=O)N3CCc4ccccc4C3)C2=O)c1OCc1ccc(Cl)cc1. The molecule has 0 aliphatic carbocycles. The Morgan fingerprint density at radius 1 is 1.03 bits per heavy atom. The number of carbonyl (C=O) groups excluding carboxylic acids is 3. The van der Waals surface area contributed by atoms with E-state index in [-0.39, 0.29) is 24.0 Å². The van der Waals surface area contributed by atoms with Crippen molar-refractivity contribution >= 4 is 46.5 Å². The average Bonchev–Trinajstić information content (AvgIpc) is 3.19. The van der Waals surface area contributed by atoms with E-state index in [4.69, 9.17) is 21.1 Å². The van der Waals surface area contributed by atoms with Crippen LogP contribution in [0, 0.1) is 0 Å². The van der Waals surface area contributed by atoms with Crippen molar-refractivity contribution in [3.8, 4) is 11.5 Å². The predicted octanol–water partition coefficient (Wildman–Crippen LogP) is 5.55. The number of nitrogens with zero attached hydrogens (tertiary/aromatic N) is 2. The van der Waals surface area contributed by atoms with E-state index in [1.807, 2.05) is 30.3 Å². The van der Waals surface area contributed by atoms with Crippen LogP contribution in [0.1, 0.15) is 22.3 Å². The number of imide groups is 1. The van der Waals surface area contributed by atoms with E-state index >= 15 is 0 Å². The number of benzene rings is 3. The lowest BCUT2D eigenvalue weighted by atomic mass is 10.00. The maximum Gasteiger partial charge on any atom is 0.294 e. The molecule has 2 heterocycles. The van der Waals surface area contributed by atoms with Crippen molar-refractivity contribution in [2.75, 3.05) is 20.2 Å². The molecule has 0 spiro atoms. The van der Waals surface area contributed by atoms with Gasteiger partial charge in [-0.25, -0.2) is 0 Å². The van der Waals surface area contributed by atoms with Crippen LogP contribution in [0.3, 0.4) is 0 Å². The number of halogens is 1. The Balaban J connectivity index is 1.31. The van der Waals surface area contributed by atoms with Gasteiger partial charge in [0.1, 0.15) is 13.2 Å². The zero-order valence-electron chi connectivity index (χ0n) is 20.7. The Kier molecular flexibility index (Phi) is 7.72. The summed E-state index contributed by atoms with van der Waals surface area (Å²) < 4.78 is 11.5. The number of hydrogen-bond donors (Lipinski definition) is 0. The van der Waals surface area contributed by atoms with Gasteiger partial charge in [0.2, 0.25) is 5.91 Å². The number of carbonyl (C=O) groups is 3. The van der Waals surface area contributed by atoms with Gasteiger partial charge in [-0.2, -0.15) is 0 Å². The normalized spacial score (nSPS) is 16.1. The molecule has 0 N–H and O–H groups in total. The second-order valence-electron chi connectivity index (χ2n) is 8.90. The summed E-state index contributed by atoms with van der Waals surface area (Å²) in [6.45, 7) is 0.995. The van der Waals surface area contributed by atoms with Crippen LogP contribution in [0.5, 0.6) is 11.5 Å². The number of thioether (sulfide) groups is 1. The third kappa shape index (κ3) is 5.56. The van der Waals surface area contributed by atoms with E-state index < -0.39 is 11.1 Å². The molecular formula is C29H25ClN2O5S. The molecular weight excluding hydrogens is 524 g/mol. The van der Waals surface area contributed by atoms with Crippen LogP contribution in [0.25, 0.3) is 6.08 Å². The van der Waals surface area contributed by atoms with Crippen molar-refractivity contribution in [1.29, 1.82) is 0 Å². The molecule has 0 atom stereocenters. The van der Waals surface area contributed by atoms with E-state index in [0.717, 1.165) is 34.2 Å². The number of amides is 3. The minimum absolute atomic E-state index is 0.219. The number of fused-ring (bicyclic) bond motifs is 1.